The number of thioether (sulfide) groups is 1. The zero-order valence-electron chi connectivity index (χ0n) is 9.82. The molecule has 1 rings (SSSR count). The number of rotatable bonds is 5. The van der Waals surface area contributed by atoms with Crippen LogP contribution >= 0.6 is 23.4 Å². The van der Waals surface area contributed by atoms with Gasteiger partial charge in [0.2, 0.25) is 0 Å². The highest BCUT2D eigenvalue weighted by atomic mass is 35.5. The number of hydrogen-bond donors (Lipinski definition) is 2. The Morgan fingerprint density at radius 2 is 2.26 bits per heavy atom. The molecule has 1 heterocycles. The normalized spacial score (nSPS) is 13.9. The van der Waals surface area contributed by atoms with E-state index in [4.69, 9.17) is 11.6 Å². The second-order valence-corrected chi connectivity index (χ2v) is 5.26. The smallest absolute Gasteiger partial charge is 0.295 e. The first-order valence-electron chi connectivity index (χ1n) is 5.12. The van der Waals surface area contributed by atoms with Crippen molar-refractivity contribution in [2.45, 2.75) is 19.1 Å². The summed E-state index contributed by atoms with van der Waals surface area (Å²) in [5.41, 5.74) is -0.766. The Morgan fingerprint density at radius 3 is 2.79 bits per heavy atom. The lowest BCUT2D eigenvalue weighted by molar-refractivity contribution is -0.386. The summed E-state index contributed by atoms with van der Waals surface area (Å²) < 4.78 is 0. The molecule has 0 aliphatic rings. The predicted molar refractivity (Wildman–Crippen MR) is 70.0 cm³/mol. The molecule has 0 amide bonds. The number of carbonyl (C=O) groups excluding carboxylic acids is 1. The van der Waals surface area contributed by atoms with Crippen LogP contribution in [-0.4, -0.2) is 37.1 Å². The highest BCUT2D eigenvalue weighted by Crippen LogP contribution is 2.28. The zero-order valence-corrected chi connectivity index (χ0v) is 11.4. The summed E-state index contributed by atoms with van der Waals surface area (Å²) in [6, 6.07) is 1.04. The van der Waals surface area contributed by atoms with E-state index in [1.165, 1.54) is 6.92 Å². The molecule has 2 unspecified atom stereocenters. The lowest BCUT2D eigenvalue weighted by Gasteiger charge is -2.16. The first-order chi connectivity index (χ1) is 8.82. The highest BCUT2D eigenvalue weighted by molar-refractivity contribution is 8.13. The molecule has 1 aromatic rings. The lowest BCUT2D eigenvalue weighted by atomic mass is 10.1. The SMILES string of the molecule is CC(=O)SCC(O)C(O)c1ncc(Cl)cc1[N+](=O)[O-]. The van der Waals surface area contributed by atoms with E-state index in [0.717, 1.165) is 24.0 Å². The van der Waals surface area contributed by atoms with Crippen molar-refractivity contribution in [3.63, 3.8) is 0 Å². The van der Waals surface area contributed by atoms with Crippen LogP contribution < -0.4 is 0 Å². The van der Waals surface area contributed by atoms with Crippen molar-refractivity contribution >= 4 is 34.2 Å². The van der Waals surface area contributed by atoms with Gasteiger partial charge in [-0.25, -0.2) is 4.98 Å². The second-order valence-electron chi connectivity index (χ2n) is 3.63. The van der Waals surface area contributed by atoms with Crippen LogP contribution in [0.25, 0.3) is 0 Å². The predicted octanol–water partition coefficient (Wildman–Crippen LogP) is 1.32. The number of carbonyl (C=O) groups is 1. The van der Waals surface area contributed by atoms with Gasteiger partial charge in [0.1, 0.15) is 11.8 Å². The average molecular weight is 307 g/mol. The first kappa shape index (κ1) is 15.8. The minimum Gasteiger partial charge on any atom is -0.389 e. The largest absolute Gasteiger partial charge is 0.389 e. The fraction of sp³-hybridized carbons (Fsp3) is 0.400. The van der Waals surface area contributed by atoms with E-state index in [1.54, 1.807) is 0 Å². The summed E-state index contributed by atoms with van der Waals surface area (Å²) in [7, 11) is 0. The van der Waals surface area contributed by atoms with Gasteiger partial charge in [-0.3, -0.25) is 14.9 Å². The topological polar surface area (TPSA) is 114 Å². The van der Waals surface area contributed by atoms with Gasteiger partial charge in [0.25, 0.3) is 5.69 Å². The standard InChI is InChI=1S/C10H11ClN2O5S/c1-5(14)19-4-8(15)10(16)9-7(13(17)18)2-6(11)3-12-9/h2-3,8,10,15-16H,4H2,1H3. The van der Waals surface area contributed by atoms with Crippen LogP contribution in [0.3, 0.4) is 0 Å². The van der Waals surface area contributed by atoms with E-state index >= 15 is 0 Å². The van der Waals surface area contributed by atoms with Crippen LogP contribution in [0.1, 0.15) is 18.7 Å². The molecule has 0 aromatic carbocycles. The molecule has 2 atom stereocenters. The van der Waals surface area contributed by atoms with E-state index in [2.05, 4.69) is 4.98 Å². The Morgan fingerprint density at radius 1 is 1.63 bits per heavy atom. The lowest BCUT2D eigenvalue weighted by Crippen LogP contribution is -2.23. The molecule has 0 radical (unpaired) electrons. The van der Waals surface area contributed by atoms with Gasteiger partial charge in [-0.2, -0.15) is 0 Å². The molecular formula is C10H11ClN2O5S. The van der Waals surface area contributed by atoms with Crippen molar-refractivity contribution < 1.29 is 19.9 Å². The van der Waals surface area contributed by atoms with Crippen molar-refractivity contribution in [3.8, 4) is 0 Å². The number of aliphatic hydroxyl groups is 2. The number of pyridine rings is 1. The van der Waals surface area contributed by atoms with E-state index < -0.39 is 22.8 Å². The van der Waals surface area contributed by atoms with E-state index in [0.29, 0.717) is 0 Å². The number of hydrogen-bond acceptors (Lipinski definition) is 7. The van der Waals surface area contributed by atoms with Crippen LogP contribution in [0.5, 0.6) is 0 Å². The number of nitrogens with zero attached hydrogens (tertiary/aromatic N) is 2. The number of nitro groups is 1. The second kappa shape index (κ2) is 6.80. The van der Waals surface area contributed by atoms with Gasteiger partial charge in [-0.1, -0.05) is 23.4 Å². The zero-order chi connectivity index (χ0) is 14.6. The molecule has 1 aromatic heterocycles. The summed E-state index contributed by atoms with van der Waals surface area (Å²) in [5, 5.41) is 30.2. The third-order valence-electron chi connectivity index (χ3n) is 2.16. The van der Waals surface area contributed by atoms with Gasteiger partial charge in [0.05, 0.1) is 16.0 Å². The molecule has 0 fully saturated rings. The van der Waals surface area contributed by atoms with Gasteiger partial charge >= 0.3 is 0 Å². The molecule has 0 aliphatic carbocycles. The molecule has 0 aliphatic heterocycles. The third-order valence-corrected chi connectivity index (χ3v) is 3.28. The van der Waals surface area contributed by atoms with Gasteiger partial charge in [-0.05, 0) is 0 Å². The molecule has 0 spiro atoms. The summed E-state index contributed by atoms with van der Waals surface area (Å²) in [5.74, 6) is -0.0854. The number of halogens is 1. The van der Waals surface area contributed by atoms with Crippen LogP contribution in [0.2, 0.25) is 5.02 Å². The monoisotopic (exact) mass is 306 g/mol. The third kappa shape index (κ3) is 4.43. The van der Waals surface area contributed by atoms with Gasteiger partial charge in [0.15, 0.2) is 5.12 Å². The van der Waals surface area contributed by atoms with E-state index in [9.17, 15) is 25.1 Å². The van der Waals surface area contributed by atoms with Crippen LogP contribution in [0.4, 0.5) is 5.69 Å². The summed E-state index contributed by atoms with van der Waals surface area (Å²) in [6.45, 7) is 1.31. The van der Waals surface area contributed by atoms with Crippen LogP contribution in [0, 0.1) is 10.1 Å². The molecule has 104 valence electrons. The van der Waals surface area contributed by atoms with Gasteiger partial charge in [-0.15, -0.1) is 0 Å². The molecule has 19 heavy (non-hydrogen) atoms. The molecule has 7 nitrogen and oxygen atoms in total. The summed E-state index contributed by atoms with van der Waals surface area (Å²) in [6.07, 6.45) is -1.77. The molecular weight excluding hydrogens is 296 g/mol. The molecule has 2 N–H and O–H groups in total. The first-order valence-corrected chi connectivity index (χ1v) is 6.48. The van der Waals surface area contributed by atoms with Crippen LogP contribution in [0.15, 0.2) is 12.3 Å². The minimum atomic E-state index is -1.57. The fourth-order valence-corrected chi connectivity index (χ4v) is 2.03. The van der Waals surface area contributed by atoms with Gasteiger partial charge in [0, 0.05) is 24.9 Å². The molecule has 0 saturated carbocycles. The maximum absolute atomic E-state index is 10.8. The quantitative estimate of drug-likeness (QED) is 0.623. The van der Waals surface area contributed by atoms with Crippen molar-refractivity contribution in [2.75, 3.05) is 5.75 Å². The Kier molecular flexibility index (Phi) is 5.67. The van der Waals surface area contributed by atoms with Crippen molar-refractivity contribution in [2.24, 2.45) is 0 Å². The summed E-state index contributed by atoms with van der Waals surface area (Å²) >= 11 is 6.40. The van der Waals surface area contributed by atoms with E-state index in [-0.39, 0.29) is 21.6 Å². The maximum atomic E-state index is 10.8. The fourth-order valence-electron chi connectivity index (χ4n) is 1.29. The summed E-state index contributed by atoms with van der Waals surface area (Å²) in [4.78, 5) is 24.5. The maximum Gasteiger partial charge on any atom is 0.295 e. The molecule has 0 saturated heterocycles. The Bertz CT molecular complexity index is 499. The van der Waals surface area contributed by atoms with Crippen molar-refractivity contribution in [3.05, 3.63) is 33.1 Å². The van der Waals surface area contributed by atoms with Crippen molar-refractivity contribution in [1.29, 1.82) is 0 Å². The Hall–Kier alpha value is -1.22. The van der Waals surface area contributed by atoms with Gasteiger partial charge < -0.3 is 10.2 Å². The molecule has 9 heteroatoms. The van der Waals surface area contributed by atoms with E-state index in [1.807, 2.05) is 0 Å². The molecule has 0 bridgehead atoms. The Labute approximate surface area is 117 Å². The minimum absolute atomic E-state index is 0.0512. The van der Waals surface area contributed by atoms with Crippen molar-refractivity contribution in [1.82, 2.24) is 4.98 Å². The number of aromatic nitrogens is 1. The Balaban J connectivity index is 2.95. The number of aliphatic hydroxyl groups excluding tert-OH is 2. The average Bonchev–Trinajstić information content (AvgIpc) is 2.34. The highest BCUT2D eigenvalue weighted by Gasteiger charge is 2.28. The van der Waals surface area contributed by atoms with Crippen LogP contribution in [-0.2, 0) is 4.79 Å².